The summed E-state index contributed by atoms with van der Waals surface area (Å²) in [5, 5.41) is 16.6. The average Bonchev–Trinajstić information content (AvgIpc) is 2.91. The number of rotatable bonds is 4. The number of anilines is 1. The molecule has 6 nitrogen and oxygen atoms in total. The molecule has 2 aromatic rings. The molecule has 0 radical (unpaired) electrons. The summed E-state index contributed by atoms with van der Waals surface area (Å²) in [6.45, 7) is 7.98. The van der Waals surface area contributed by atoms with E-state index >= 15 is 0 Å². The maximum atomic E-state index is 12.1. The SMILES string of the molecule is Cc1nn(C)c(C)c1CC(=O)Nc1nnc(C(C)C)s1. The Balaban J connectivity index is 2.05. The van der Waals surface area contributed by atoms with Gasteiger partial charge in [-0.05, 0) is 13.8 Å². The summed E-state index contributed by atoms with van der Waals surface area (Å²) in [6.07, 6.45) is 0.308. The molecule has 0 saturated heterocycles. The second-order valence-corrected chi connectivity index (χ2v) is 6.11. The molecular weight excluding hydrogens is 274 g/mol. The molecule has 0 aliphatic carbocycles. The molecule has 0 unspecified atom stereocenters. The maximum absolute atomic E-state index is 12.1. The number of aryl methyl sites for hydroxylation is 2. The lowest BCUT2D eigenvalue weighted by Crippen LogP contribution is -2.15. The highest BCUT2D eigenvalue weighted by atomic mass is 32.1. The van der Waals surface area contributed by atoms with Crippen LogP contribution in [0.25, 0.3) is 0 Å². The molecule has 2 rings (SSSR count). The monoisotopic (exact) mass is 293 g/mol. The standard InChI is InChI=1S/C13H19N5OS/c1-7(2)12-15-16-13(20-12)14-11(19)6-10-8(3)17-18(5)9(10)4/h7H,6H2,1-5H3,(H,14,16,19). The summed E-state index contributed by atoms with van der Waals surface area (Å²) in [5.74, 6) is 0.233. The molecule has 0 spiro atoms. The molecule has 0 aliphatic rings. The molecule has 7 heteroatoms. The molecule has 20 heavy (non-hydrogen) atoms. The van der Waals surface area contributed by atoms with E-state index in [0.29, 0.717) is 17.5 Å². The lowest BCUT2D eigenvalue weighted by atomic mass is 10.1. The predicted octanol–water partition coefficient (Wildman–Crippen LogP) is 2.19. The number of nitrogens with one attached hydrogen (secondary N) is 1. The Morgan fingerprint density at radius 1 is 1.35 bits per heavy atom. The fourth-order valence-corrected chi connectivity index (χ4v) is 2.68. The molecule has 0 aliphatic heterocycles. The van der Waals surface area contributed by atoms with Crippen LogP contribution in [-0.2, 0) is 18.3 Å². The average molecular weight is 293 g/mol. The van der Waals surface area contributed by atoms with Gasteiger partial charge in [0.05, 0.1) is 12.1 Å². The van der Waals surface area contributed by atoms with Crippen molar-refractivity contribution in [2.24, 2.45) is 7.05 Å². The van der Waals surface area contributed by atoms with Crippen molar-refractivity contribution in [3.63, 3.8) is 0 Å². The van der Waals surface area contributed by atoms with Crippen LogP contribution >= 0.6 is 11.3 Å². The summed E-state index contributed by atoms with van der Waals surface area (Å²) < 4.78 is 1.79. The Labute approximate surface area is 122 Å². The maximum Gasteiger partial charge on any atom is 0.230 e. The van der Waals surface area contributed by atoms with Gasteiger partial charge in [-0.15, -0.1) is 10.2 Å². The van der Waals surface area contributed by atoms with Gasteiger partial charge in [-0.1, -0.05) is 25.2 Å². The smallest absolute Gasteiger partial charge is 0.230 e. The molecule has 0 bridgehead atoms. The molecule has 108 valence electrons. The van der Waals surface area contributed by atoms with Crippen molar-refractivity contribution < 1.29 is 4.79 Å². The van der Waals surface area contributed by atoms with Crippen molar-refractivity contribution in [2.45, 2.75) is 40.0 Å². The summed E-state index contributed by atoms with van der Waals surface area (Å²) in [7, 11) is 1.88. The van der Waals surface area contributed by atoms with E-state index in [0.717, 1.165) is 22.0 Å². The van der Waals surface area contributed by atoms with E-state index in [9.17, 15) is 4.79 Å². The highest BCUT2D eigenvalue weighted by Gasteiger charge is 2.15. The molecule has 0 fully saturated rings. The number of hydrogen-bond acceptors (Lipinski definition) is 5. The third-order valence-electron chi connectivity index (χ3n) is 3.18. The normalized spacial score (nSPS) is 11.1. The minimum Gasteiger partial charge on any atom is -0.300 e. The van der Waals surface area contributed by atoms with Crippen molar-refractivity contribution in [2.75, 3.05) is 5.32 Å². The van der Waals surface area contributed by atoms with E-state index in [4.69, 9.17) is 0 Å². The Bertz CT molecular complexity index is 629. The lowest BCUT2D eigenvalue weighted by molar-refractivity contribution is -0.115. The molecule has 1 N–H and O–H groups in total. The topological polar surface area (TPSA) is 72.7 Å². The van der Waals surface area contributed by atoms with Crippen LogP contribution in [0, 0.1) is 13.8 Å². The van der Waals surface area contributed by atoms with Crippen molar-refractivity contribution in [3.05, 3.63) is 22.0 Å². The van der Waals surface area contributed by atoms with Crippen LogP contribution < -0.4 is 5.32 Å². The van der Waals surface area contributed by atoms with Gasteiger partial charge in [-0.25, -0.2) is 0 Å². The fourth-order valence-electron chi connectivity index (χ4n) is 1.92. The van der Waals surface area contributed by atoms with Crippen molar-refractivity contribution in [1.82, 2.24) is 20.0 Å². The van der Waals surface area contributed by atoms with Gasteiger partial charge in [0.2, 0.25) is 11.0 Å². The number of carbonyl (C=O) groups excluding carboxylic acids is 1. The highest BCUT2D eigenvalue weighted by molar-refractivity contribution is 7.15. The van der Waals surface area contributed by atoms with Gasteiger partial charge in [-0.2, -0.15) is 5.10 Å². The quantitative estimate of drug-likeness (QED) is 0.938. The zero-order valence-electron chi connectivity index (χ0n) is 12.4. The number of amides is 1. The molecule has 0 atom stereocenters. The van der Waals surface area contributed by atoms with E-state index in [-0.39, 0.29) is 5.91 Å². The number of nitrogens with zero attached hydrogens (tertiary/aromatic N) is 4. The molecule has 1 amide bonds. The van der Waals surface area contributed by atoms with E-state index < -0.39 is 0 Å². The van der Waals surface area contributed by atoms with Gasteiger partial charge in [0.25, 0.3) is 0 Å². The van der Waals surface area contributed by atoms with Crippen molar-refractivity contribution in [1.29, 1.82) is 0 Å². The van der Waals surface area contributed by atoms with Crippen LogP contribution in [0.5, 0.6) is 0 Å². The van der Waals surface area contributed by atoms with E-state index in [1.54, 1.807) is 4.68 Å². The van der Waals surface area contributed by atoms with Crippen LogP contribution in [0.4, 0.5) is 5.13 Å². The van der Waals surface area contributed by atoms with Crippen LogP contribution in [0.15, 0.2) is 0 Å². The van der Waals surface area contributed by atoms with Crippen molar-refractivity contribution >= 4 is 22.4 Å². The zero-order chi connectivity index (χ0) is 14.9. The van der Waals surface area contributed by atoms with Gasteiger partial charge >= 0.3 is 0 Å². The van der Waals surface area contributed by atoms with Gasteiger partial charge in [-0.3, -0.25) is 9.48 Å². The third-order valence-corrected chi connectivity index (χ3v) is 4.32. The van der Waals surface area contributed by atoms with Crippen LogP contribution in [0.1, 0.15) is 41.7 Å². The molecule has 0 aromatic carbocycles. The zero-order valence-corrected chi connectivity index (χ0v) is 13.2. The van der Waals surface area contributed by atoms with E-state index in [1.165, 1.54) is 11.3 Å². The molecular formula is C13H19N5OS. The first-order chi connectivity index (χ1) is 9.38. The summed E-state index contributed by atoms with van der Waals surface area (Å²) in [5.41, 5.74) is 2.87. The van der Waals surface area contributed by atoms with Gasteiger partial charge in [0.15, 0.2) is 0 Å². The van der Waals surface area contributed by atoms with Gasteiger partial charge < -0.3 is 5.32 Å². The highest BCUT2D eigenvalue weighted by Crippen LogP contribution is 2.22. The van der Waals surface area contributed by atoms with Gasteiger partial charge in [0, 0.05) is 24.2 Å². The first-order valence-corrected chi connectivity index (χ1v) is 7.32. The second-order valence-electron chi connectivity index (χ2n) is 5.10. The number of carbonyl (C=O) groups is 1. The number of aromatic nitrogens is 4. The minimum atomic E-state index is -0.0874. The third kappa shape index (κ3) is 3.04. The summed E-state index contributed by atoms with van der Waals surface area (Å²) in [4.78, 5) is 12.1. The summed E-state index contributed by atoms with van der Waals surface area (Å²) >= 11 is 1.42. The Hall–Kier alpha value is -1.76. The fraction of sp³-hybridized carbons (Fsp3) is 0.538. The predicted molar refractivity (Wildman–Crippen MR) is 79.0 cm³/mol. The van der Waals surface area contributed by atoms with Crippen molar-refractivity contribution in [3.8, 4) is 0 Å². The van der Waals surface area contributed by atoms with Crippen LogP contribution in [0.3, 0.4) is 0 Å². The van der Waals surface area contributed by atoms with Crippen LogP contribution in [-0.4, -0.2) is 25.9 Å². The molecule has 2 heterocycles. The van der Waals surface area contributed by atoms with E-state index in [2.05, 4.69) is 34.5 Å². The molecule has 0 saturated carbocycles. The second kappa shape index (κ2) is 5.70. The molecule has 2 aromatic heterocycles. The van der Waals surface area contributed by atoms with Gasteiger partial charge in [0.1, 0.15) is 5.01 Å². The first kappa shape index (κ1) is 14.6. The Morgan fingerprint density at radius 2 is 2.05 bits per heavy atom. The lowest BCUT2D eigenvalue weighted by Gasteiger charge is -2.02. The first-order valence-electron chi connectivity index (χ1n) is 6.50. The largest absolute Gasteiger partial charge is 0.300 e. The van der Waals surface area contributed by atoms with E-state index in [1.807, 2.05) is 20.9 Å². The Kier molecular flexibility index (Phi) is 4.17. The Morgan fingerprint density at radius 3 is 2.55 bits per heavy atom. The number of hydrogen-bond donors (Lipinski definition) is 1. The van der Waals surface area contributed by atoms with Crippen LogP contribution in [0.2, 0.25) is 0 Å². The summed E-state index contributed by atoms with van der Waals surface area (Å²) in [6, 6.07) is 0. The minimum absolute atomic E-state index is 0.0874.